The van der Waals surface area contributed by atoms with Crippen molar-refractivity contribution in [2.24, 2.45) is 5.73 Å². The van der Waals surface area contributed by atoms with Crippen molar-refractivity contribution in [1.82, 2.24) is 19.9 Å². The van der Waals surface area contributed by atoms with E-state index in [9.17, 15) is 29.4 Å². The number of carbonyl (C=O) groups is 4. The molecule has 16 heteroatoms. The Kier molecular flexibility index (Phi) is 6.78. The van der Waals surface area contributed by atoms with E-state index in [0.717, 1.165) is 11.1 Å². The fourth-order valence-electron chi connectivity index (χ4n) is 8.64. The molecule has 4 aliphatic rings. The number of nitrogens with zero attached hydrogens (tertiary/aromatic N) is 3. The Morgan fingerprint density at radius 3 is 1.96 bits per heavy atom. The molecule has 266 valence electrons. The summed E-state index contributed by atoms with van der Waals surface area (Å²) in [6, 6.07) is 2.64. The van der Waals surface area contributed by atoms with Gasteiger partial charge in [-0.2, -0.15) is 0 Å². The van der Waals surface area contributed by atoms with Crippen molar-refractivity contribution < 1.29 is 38.9 Å². The van der Waals surface area contributed by atoms with Crippen molar-refractivity contribution in [2.45, 2.75) is 29.6 Å². The smallest absolute Gasteiger partial charge is 0.319 e. The number of methoxy groups -OCH3 is 2. The first kappa shape index (κ1) is 32.3. The molecule has 5 aromatic rings. The van der Waals surface area contributed by atoms with Crippen molar-refractivity contribution in [2.75, 3.05) is 43.7 Å². The predicted octanol–water partition coefficient (Wildman–Crippen LogP) is 4.61. The van der Waals surface area contributed by atoms with Gasteiger partial charge >= 0.3 is 6.03 Å². The van der Waals surface area contributed by atoms with Crippen LogP contribution in [0, 0.1) is 6.92 Å². The van der Waals surface area contributed by atoms with Gasteiger partial charge in [-0.05, 0) is 55.0 Å². The van der Waals surface area contributed by atoms with Gasteiger partial charge in [-0.3, -0.25) is 19.3 Å². The highest BCUT2D eigenvalue weighted by molar-refractivity contribution is 14.1. The van der Waals surface area contributed by atoms with E-state index >= 15 is 0 Å². The molecule has 0 saturated carbocycles. The van der Waals surface area contributed by atoms with Gasteiger partial charge in [0.2, 0.25) is 5.78 Å². The van der Waals surface area contributed by atoms with Gasteiger partial charge in [0.15, 0.2) is 23.0 Å². The molecule has 3 aliphatic heterocycles. The number of aryl methyl sites for hydroxylation is 1. The maximum Gasteiger partial charge on any atom is 0.319 e. The number of anilines is 2. The predicted molar refractivity (Wildman–Crippen MR) is 198 cm³/mol. The number of fused-ring (bicyclic) bond motifs is 9. The lowest BCUT2D eigenvalue weighted by Gasteiger charge is -2.30. The van der Waals surface area contributed by atoms with E-state index in [4.69, 9.17) is 15.2 Å². The number of aromatic amines is 3. The summed E-state index contributed by atoms with van der Waals surface area (Å²) in [6.07, 6.45) is 4.77. The van der Waals surface area contributed by atoms with E-state index in [1.54, 1.807) is 17.0 Å². The van der Waals surface area contributed by atoms with Crippen LogP contribution in [0.1, 0.15) is 60.1 Å². The Morgan fingerprint density at radius 2 is 1.40 bits per heavy atom. The minimum absolute atomic E-state index is 0.0633. The highest BCUT2D eigenvalue weighted by Crippen LogP contribution is 2.55. The second-order valence-corrected chi connectivity index (χ2v) is 15.3. The third-order valence-corrected chi connectivity index (χ3v) is 12.5. The first-order valence-corrected chi connectivity index (χ1v) is 17.7. The van der Waals surface area contributed by atoms with E-state index in [1.165, 1.54) is 30.1 Å². The molecule has 9 rings (SSSR count). The standard InChI is InChI=1S/C36H32IN7O8/c1-14-13-39-26-21(45)12-22-36(37,23(14)26)6-9-42(22)33(48)19-10-17-15-4-7-43(27(15)29(46)31(51-2)24(17)40-19)34(49)20-11-18-16-5-8-44(35(38)50)28(16)30(47)32(52-3)25(18)41-20/h10-13,39-41,46-47H,4-9H2,1-3H3,(H2,38,50). The lowest BCUT2D eigenvalue weighted by atomic mass is 9.86. The molecule has 0 bridgehead atoms. The van der Waals surface area contributed by atoms with Crippen LogP contribution in [0.3, 0.4) is 0 Å². The summed E-state index contributed by atoms with van der Waals surface area (Å²) in [6.45, 7) is 2.84. The molecule has 1 aliphatic carbocycles. The van der Waals surface area contributed by atoms with Crippen LogP contribution in [0.15, 0.2) is 30.1 Å². The van der Waals surface area contributed by atoms with E-state index in [0.29, 0.717) is 70.1 Å². The summed E-state index contributed by atoms with van der Waals surface area (Å²) in [5.74, 6) is -1.35. The third kappa shape index (κ3) is 4.06. The Balaban J connectivity index is 1.10. The Bertz CT molecular complexity index is 2530. The molecular weight excluding hydrogens is 785 g/mol. The van der Waals surface area contributed by atoms with Gasteiger partial charge in [0.25, 0.3) is 11.8 Å². The highest BCUT2D eigenvalue weighted by atomic mass is 127. The average Bonchev–Trinajstić information content (AvgIpc) is 3.95. The number of halogens is 1. The zero-order valence-corrected chi connectivity index (χ0v) is 30.4. The number of phenolic OH excluding ortho intramolecular Hbond substituents is 2. The molecule has 1 unspecified atom stereocenters. The molecular formula is C36H32IN7O8. The maximum absolute atomic E-state index is 14.2. The maximum atomic E-state index is 14.2. The second kappa shape index (κ2) is 10.9. The van der Waals surface area contributed by atoms with Crippen LogP contribution < -0.4 is 25.0 Å². The zero-order chi connectivity index (χ0) is 36.5. The van der Waals surface area contributed by atoms with Crippen molar-refractivity contribution in [3.63, 3.8) is 0 Å². The molecule has 1 fully saturated rings. The number of amides is 4. The summed E-state index contributed by atoms with van der Waals surface area (Å²) in [7, 11) is 2.78. The molecule has 0 radical (unpaired) electrons. The minimum Gasteiger partial charge on any atom is -0.503 e. The van der Waals surface area contributed by atoms with Crippen LogP contribution in [0.25, 0.3) is 21.8 Å². The van der Waals surface area contributed by atoms with Gasteiger partial charge in [-0.15, -0.1) is 0 Å². The summed E-state index contributed by atoms with van der Waals surface area (Å²) in [4.78, 5) is 67.4. The number of alkyl halides is 1. The summed E-state index contributed by atoms with van der Waals surface area (Å²) >= 11 is 2.34. The Labute approximate surface area is 308 Å². The molecule has 15 nitrogen and oxygen atoms in total. The second-order valence-electron chi connectivity index (χ2n) is 13.4. The molecule has 4 amide bonds. The van der Waals surface area contributed by atoms with E-state index < -0.39 is 15.4 Å². The Hall–Kier alpha value is -5.65. The van der Waals surface area contributed by atoms with Crippen LogP contribution >= 0.6 is 22.6 Å². The van der Waals surface area contributed by atoms with Gasteiger partial charge in [-0.25, -0.2) is 4.79 Å². The van der Waals surface area contributed by atoms with Gasteiger partial charge < -0.3 is 50.2 Å². The normalized spacial score (nSPS) is 18.9. The van der Waals surface area contributed by atoms with Crippen LogP contribution in [-0.4, -0.2) is 87.5 Å². The number of carbonyl (C=O) groups excluding carboxylic acids is 4. The monoisotopic (exact) mass is 817 g/mol. The number of ether oxygens (including phenoxy) is 2. The van der Waals surface area contributed by atoms with E-state index in [1.807, 2.05) is 13.1 Å². The number of phenols is 2. The topological polar surface area (TPSA) is 210 Å². The Morgan fingerprint density at radius 1 is 0.865 bits per heavy atom. The van der Waals surface area contributed by atoms with Crippen LogP contribution in [0.5, 0.6) is 23.0 Å². The number of allylic oxidation sites excluding steroid dienone is 2. The quantitative estimate of drug-likeness (QED) is 0.111. The molecule has 2 aromatic carbocycles. The van der Waals surface area contributed by atoms with Crippen LogP contribution in [-0.2, 0) is 16.3 Å². The van der Waals surface area contributed by atoms with Crippen LogP contribution in [0.2, 0.25) is 0 Å². The number of H-pyrrole nitrogens is 3. The van der Waals surface area contributed by atoms with Crippen LogP contribution in [0.4, 0.5) is 16.2 Å². The highest BCUT2D eigenvalue weighted by Gasteiger charge is 2.50. The molecule has 52 heavy (non-hydrogen) atoms. The molecule has 3 aromatic heterocycles. The van der Waals surface area contributed by atoms with Crippen molar-refractivity contribution >= 4 is 79.4 Å². The van der Waals surface area contributed by atoms with Gasteiger partial charge in [0.05, 0.1) is 45.7 Å². The minimum atomic E-state index is -0.716. The van der Waals surface area contributed by atoms with E-state index in [2.05, 4.69) is 37.5 Å². The molecule has 7 N–H and O–H groups in total. The molecule has 1 atom stereocenters. The molecule has 0 spiro atoms. The lowest BCUT2D eigenvalue weighted by Crippen LogP contribution is -2.34. The molecule has 6 heterocycles. The number of likely N-dealkylation sites (tertiary alicyclic amines) is 1. The fraction of sp³-hybridized carbons (Fsp3) is 0.278. The number of nitrogens with two attached hydrogens (primary N) is 1. The van der Waals surface area contributed by atoms with Gasteiger partial charge in [0.1, 0.15) is 11.4 Å². The third-order valence-electron chi connectivity index (χ3n) is 10.9. The van der Waals surface area contributed by atoms with Crippen molar-refractivity contribution in [1.29, 1.82) is 0 Å². The SMILES string of the molecule is COc1c(O)c2c(c3cc(C(=O)N4CCc5c4c(O)c(OC)c4[nH]c(C(=O)N6CCC7(I)C6=CC(=O)c6[nH]cc(C)c67)cc54)[nH]c13)CCN2C(N)=O. The molecule has 1 saturated heterocycles. The number of hydrogen-bond donors (Lipinski definition) is 6. The zero-order valence-electron chi connectivity index (χ0n) is 28.2. The summed E-state index contributed by atoms with van der Waals surface area (Å²) in [5, 5.41) is 23.9. The summed E-state index contributed by atoms with van der Waals surface area (Å²) in [5.41, 5.74) is 11.6. The number of benzene rings is 2. The number of urea groups is 1. The van der Waals surface area contributed by atoms with Crippen molar-refractivity contribution in [3.05, 3.63) is 69.4 Å². The number of primary amides is 1. The first-order valence-electron chi connectivity index (χ1n) is 16.6. The van der Waals surface area contributed by atoms with E-state index in [-0.39, 0.29) is 70.5 Å². The van der Waals surface area contributed by atoms with Crippen molar-refractivity contribution in [3.8, 4) is 23.0 Å². The van der Waals surface area contributed by atoms with Gasteiger partial charge in [-0.1, -0.05) is 22.6 Å². The van der Waals surface area contributed by atoms with Gasteiger partial charge in [0, 0.05) is 53.9 Å². The number of rotatable bonds is 4. The number of aromatic hydroxyl groups is 2. The number of nitrogens with one attached hydrogen (secondary N) is 3. The number of aromatic nitrogens is 3. The average molecular weight is 818 g/mol. The summed E-state index contributed by atoms with van der Waals surface area (Å²) < 4.78 is 10.6. The fourth-order valence-corrected chi connectivity index (χ4v) is 10.0. The largest absolute Gasteiger partial charge is 0.503 e. The number of hydrogen-bond acceptors (Lipinski definition) is 8. The lowest BCUT2D eigenvalue weighted by molar-refractivity contribution is 0.0818. The first-order chi connectivity index (χ1) is 24.9. The number of ketones is 1.